The number of hydrogen-bond donors (Lipinski definition) is 1. The quantitative estimate of drug-likeness (QED) is 0.677. The second-order valence-electron chi connectivity index (χ2n) is 4.26. The van der Waals surface area contributed by atoms with Gasteiger partial charge in [-0.2, -0.15) is 0 Å². The largest absolute Gasteiger partial charge is 0.247 e. The van der Waals surface area contributed by atoms with Gasteiger partial charge in [0.1, 0.15) is 4.21 Å². The number of thioether (sulfide) groups is 1. The van der Waals surface area contributed by atoms with Crippen molar-refractivity contribution in [1.29, 1.82) is 0 Å². The Kier molecular flexibility index (Phi) is 3.72. The standard InChI is InChI=1S/C8H15NO2S3Si/c1-12-6-5-7(14(9,10)11)13-8(6)15(2,3)4/h5H,1-4H3,(H2,9,10,11). The molecule has 3 nitrogen and oxygen atoms in total. The van der Waals surface area contributed by atoms with Crippen LogP contribution in [-0.2, 0) is 10.0 Å². The molecule has 15 heavy (non-hydrogen) atoms. The molecule has 0 fully saturated rings. The van der Waals surface area contributed by atoms with Crippen LogP contribution in [0.25, 0.3) is 0 Å². The molecule has 0 saturated heterocycles. The highest BCUT2D eigenvalue weighted by Crippen LogP contribution is 2.26. The van der Waals surface area contributed by atoms with Crippen molar-refractivity contribution in [1.82, 2.24) is 0 Å². The first-order chi connectivity index (χ1) is 6.66. The lowest BCUT2D eigenvalue weighted by molar-refractivity contribution is 0.599. The Labute approximate surface area is 100 Å². The maximum atomic E-state index is 11.2. The maximum absolute atomic E-state index is 11.2. The zero-order chi connectivity index (χ0) is 11.9. The third kappa shape index (κ3) is 3.07. The van der Waals surface area contributed by atoms with Gasteiger partial charge in [0.2, 0.25) is 10.0 Å². The molecule has 1 heterocycles. The van der Waals surface area contributed by atoms with E-state index in [1.165, 1.54) is 15.8 Å². The van der Waals surface area contributed by atoms with Crippen LogP contribution in [0, 0.1) is 0 Å². The second-order valence-corrected chi connectivity index (χ2v) is 13.3. The van der Waals surface area contributed by atoms with Crippen molar-refractivity contribution in [2.45, 2.75) is 28.7 Å². The van der Waals surface area contributed by atoms with Gasteiger partial charge in [0.25, 0.3) is 0 Å². The Morgan fingerprint density at radius 2 is 1.93 bits per heavy atom. The van der Waals surface area contributed by atoms with Crippen LogP contribution in [0.2, 0.25) is 19.6 Å². The average Bonchev–Trinajstić information content (AvgIpc) is 2.44. The first kappa shape index (κ1) is 13.2. The lowest BCUT2D eigenvalue weighted by Gasteiger charge is -2.15. The highest BCUT2D eigenvalue weighted by Gasteiger charge is 2.25. The third-order valence-corrected chi connectivity index (χ3v) is 9.07. The lowest BCUT2D eigenvalue weighted by Crippen LogP contribution is -2.36. The molecule has 1 aromatic heterocycles. The molecule has 0 amide bonds. The van der Waals surface area contributed by atoms with Gasteiger partial charge < -0.3 is 0 Å². The summed E-state index contributed by atoms with van der Waals surface area (Å²) in [5, 5.41) is 5.13. The number of primary sulfonamides is 1. The summed E-state index contributed by atoms with van der Waals surface area (Å²) in [5.41, 5.74) is 0. The van der Waals surface area contributed by atoms with Crippen LogP contribution in [0.1, 0.15) is 0 Å². The van der Waals surface area contributed by atoms with Crippen LogP contribution >= 0.6 is 23.1 Å². The molecule has 86 valence electrons. The fraction of sp³-hybridized carbons (Fsp3) is 0.500. The van der Waals surface area contributed by atoms with Crippen molar-refractivity contribution >= 4 is 45.7 Å². The number of hydrogen-bond acceptors (Lipinski definition) is 4. The molecule has 0 atom stereocenters. The van der Waals surface area contributed by atoms with E-state index in [9.17, 15) is 8.42 Å². The summed E-state index contributed by atoms with van der Waals surface area (Å²) < 4.78 is 24.0. The topological polar surface area (TPSA) is 60.2 Å². The Bertz CT molecular complexity index is 459. The molecule has 0 radical (unpaired) electrons. The molecule has 7 heteroatoms. The molecule has 0 aliphatic heterocycles. The van der Waals surface area contributed by atoms with Crippen LogP contribution in [0.4, 0.5) is 0 Å². The predicted octanol–water partition coefficient (Wildman–Crippen LogP) is 1.66. The van der Waals surface area contributed by atoms with Gasteiger partial charge in [0.05, 0.1) is 8.07 Å². The van der Waals surface area contributed by atoms with Crippen molar-refractivity contribution in [3.05, 3.63) is 6.07 Å². The molecule has 0 saturated carbocycles. The molecular formula is C8H15NO2S3Si. The van der Waals surface area contributed by atoms with Gasteiger partial charge in [-0.1, -0.05) is 19.6 Å². The van der Waals surface area contributed by atoms with Gasteiger partial charge in [0.15, 0.2) is 0 Å². The van der Waals surface area contributed by atoms with Gasteiger partial charge in [-0.15, -0.1) is 23.1 Å². The van der Waals surface area contributed by atoms with Crippen LogP contribution < -0.4 is 9.64 Å². The van der Waals surface area contributed by atoms with Gasteiger partial charge in [-0.25, -0.2) is 13.6 Å². The van der Waals surface area contributed by atoms with E-state index in [-0.39, 0.29) is 4.21 Å². The molecule has 2 N–H and O–H groups in total. The smallest absolute Gasteiger partial charge is 0.224 e. The number of sulfonamides is 1. The molecule has 0 aromatic carbocycles. The lowest BCUT2D eigenvalue weighted by atomic mass is 10.7. The van der Waals surface area contributed by atoms with Crippen molar-refractivity contribution in [2.24, 2.45) is 5.14 Å². The van der Waals surface area contributed by atoms with Crippen LogP contribution in [0.15, 0.2) is 15.2 Å². The minimum absolute atomic E-state index is 0.282. The summed E-state index contributed by atoms with van der Waals surface area (Å²) >= 11 is 2.91. The Hall–Kier alpha value is 0.177. The van der Waals surface area contributed by atoms with Crippen molar-refractivity contribution in [3.8, 4) is 0 Å². The van der Waals surface area contributed by atoms with Gasteiger partial charge in [-0.05, 0) is 12.3 Å². The third-order valence-electron chi connectivity index (χ3n) is 1.86. The van der Waals surface area contributed by atoms with E-state index in [0.29, 0.717) is 0 Å². The van der Waals surface area contributed by atoms with Gasteiger partial charge in [0, 0.05) is 9.40 Å². The minimum Gasteiger partial charge on any atom is -0.224 e. The first-order valence-electron chi connectivity index (χ1n) is 4.37. The normalized spacial score (nSPS) is 13.1. The summed E-state index contributed by atoms with van der Waals surface area (Å²) in [6.45, 7) is 6.60. The van der Waals surface area contributed by atoms with Crippen molar-refractivity contribution in [2.75, 3.05) is 6.26 Å². The molecule has 0 aliphatic carbocycles. The predicted molar refractivity (Wildman–Crippen MR) is 70.5 cm³/mol. The summed E-state index contributed by atoms with van der Waals surface area (Å²) in [7, 11) is -5.03. The number of nitrogens with two attached hydrogens (primary N) is 1. The highest BCUT2D eigenvalue weighted by molar-refractivity contribution is 7.99. The van der Waals surface area contributed by atoms with E-state index in [0.717, 1.165) is 4.90 Å². The minimum atomic E-state index is -3.55. The first-order valence-corrected chi connectivity index (χ1v) is 11.5. The van der Waals surface area contributed by atoms with E-state index in [4.69, 9.17) is 5.14 Å². The zero-order valence-corrected chi connectivity index (χ0v) is 12.6. The number of thiophene rings is 1. The highest BCUT2D eigenvalue weighted by atomic mass is 32.2. The molecule has 1 rings (SSSR count). The SMILES string of the molecule is CSc1cc(S(N)(=O)=O)sc1[Si](C)(C)C. The summed E-state index contributed by atoms with van der Waals surface area (Å²) in [5.74, 6) is 0. The molecule has 0 aliphatic rings. The van der Waals surface area contributed by atoms with E-state index in [2.05, 4.69) is 19.6 Å². The monoisotopic (exact) mass is 281 g/mol. The summed E-state index contributed by atoms with van der Waals surface area (Å²) in [4.78, 5) is 1.06. The van der Waals surface area contributed by atoms with Crippen molar-refractivity contribution < 1.29 is 8.42 Å². The Balaban J connectivity index is 3.37. The summed E-state index contributed by atoms with van der Waals surface area (Å²) in [6, 6.07) is 1.69. The van der Waals surface area contributed by atoms with E-state index >= 15 is 0 Å². The van der Waals surface area contributed by atoms with Gasteiger partial charge in [-0.3, -0.25) is 0 Å². The summed E-state index contributed by atoms with van der Waals surface area (Å²) in [6.07, 6.45) is 1.96. The molecular weight excluding hydrogens is 266 g/mol. The van der Waals surface area contributed by atoms with E-state index in [1.807, 2.05) is 6.26 Å². The fourth-order valence-corrected chi connectivity index (χ4v) is 7.46. The van der Waals surface area contributed by atoms with E-state index < -0.39 is 18.1 Å². The zero-order valence-electron chi connectivity index (χ0n) is 9.20. The van der Waals surface area contributed by atoms with Crippen LogP contribution in [0.3, 0.4) is 0 Å². The van der Waals surface area contributed by atoms with Crippen LogP contribution in [0.5, 0.6) is 0 Å². The molecule has 0 bridgehead atoms. The molecule has 0 spiro atoms. The van der Waals surface area contributed by atoms with Crippen LogP contribution in [-0.4, -0.2) is 22.7 Å². The Morgan fingerprint density at radius 1 is 1.40 bits per heavy atom. The number of rotatable bonds is 3. The fourth-order valence-electron chi connectivity index (χ4n) is 1.17. The van der Waals surface area contributed by atoms with E-state index in [1.54, 1.807) is 17.8 Å². The Morgan fingerprint density at radius 3 is 2.20 bits per heavy atom. The van der Waals surface area contributed by atoms with Crippen molar-refractivity contribution in [3.63, 3.8) is 0 Å². The average molecular weight is 282 g/mol. The van der Waals surface area contributed by atoms with Gasteiger partial charge >= 0.3 is 0 Å². The second kappa shape index (κ2) is 4.21. The molecule has 0 unspecified atom stereocenters. The molecule has 1 aromatic rings. The maximum Gasteiger partial charge on any atom is 0.247 e.